The number of methoxy groups -OCH3 is 1. The van der Waals surface area contributed by atoms with E-state index in [9.17, 15) is 4.39 Å². The van der Waals surface area contributed by atoms with Crippen molar-refractivity contribution in [3.63, 3.8) is 0 Å². The average molecular weight is 451 g/mol. The van der Waals surface area contributed by atoms with Crippen LogP contribution in [0.15, 0.2) is 41.9 Å². The van der Waals surface area contributed by atoms with E-state index in [0.29, 0.717) is 44.4 Å². The summed E-state index contributed by atoms with van der Waals surface area (Å²) in [6.45, 7) is 7.10. The van der Waals surface area contributed by atoms with E-state index in [1.54, 1.807) is 31.4 Å². The van der Waals surface area contributed by atoms with Crippen LogP contribution in [0.2, 0.25) is 0 Å². The molecule has 7 heteroatoms. The Morgan fingerprint density at radius 3 is 2.75 bits per heavy atom. The number of guanidine groups is 1. The monoisotopic (exact) mass is 451 g/mol. The van der Waals surface area contributed by atoms with Crippen LogP contribution >= 0.6 is 24.0 Å². The maximum atomic E-state index is 13.6. The highest BCUT2D eigenvalue weighted by molar-refractivity contribution is 14.0. The number of nitrogens with one attached hydrogen (secondary N) is 2. The summed E-state index contributed by atoms with van der Waals surface area (Å²) >= 11 is 0. The number of aliphatic imine (C=N–C) groups is 1. The van der Waals surface area contributed by atoms with Crippen LogP contribution in [0.3, 0.4) is 0 Å². The summed E-state index contributed by atoms with van der Waals surface area (Å²) in [4.78, 5) is 4.39. The van der Waals surface area contributed by atoms with E-state index in [1.165, 1.54) is 6.07 Å². The highest BCUT2D eigenvalue weighted by Gasteiger charge is 2.01. The largest absolute Gasteiger partial charge is 0.382 e. The van der Waals surface area contributed by atoms with Crippen LogP contribution in [0.5, 0.6) is 0 Å². The van der Waals surface area contributed by atoms with Crippen LogP contribution in [0.25, 0.3) is 0 Å². The van der Waals surface area contributed by atoms with E-state index in [-0.39, 0.29) is 36.3 Å². The van der Waals surface area contributed by atoms with Gasteiger partial charge in [-0.1, -0.05) is 24.3 Å². The molecule has 2 N–H and O–H groups in total. The zero-order chi connectivity index (χ0) is 16.8. The molecular formula is C17H27FIN3O2. The molecule has 0 aromatic heterocycles. The molecule has 0 saturated heterocycles. The fraction of sp³-hybridized carbons (Fsp3) is 0.471. The van der Waals surface area contributed by atoms with Gasteiger partial charge in [0.15, 0.2) is 5.96 Å². The molecule has 0 radical (unpaired) electrons. The third kappa shape index (κ3) is 10.6. The Kier molecular flexibility index (Phi) is 14.6. The molecule has 1 aromatic rings. The molecule has 0 saturated carbocycles. The quantitative estimate of drug-likeness (QED) is 0.179. The van der Waals surface area contributed by atoms with Gasteiger partial charge in [0.1, 0.15) is 5.82 Å². The highest BCUT2D eigenvalue weighted by atomic mass is 127. The fourth-order valence-electron chi connectivity index (χ4n) is 1.76. The first kappa shape index (κ1) is 22.8. The van der Waals surface area contributed by atoms with E-state index < -0.39 is 0 Å². The van der Waals surface area contributed by atoms with Crippen molar-refractivity contribution < 1.29 is 13.9 Å². The number of nitrogens with zero attached hydrogens (tertiary/aromatic N) is 1. The Morgan fingerprint density at radius 2 is 2.04 bits per heavy atom. The van der Waals surface area contributed by atoms with Gasteiger partial charge in [0.2, 0.25) is 0 Å². The van der Waals surface area contributed by atoms with Crippen LogP contribution in [0.4, 0.5) is 4.39 Å². The van der Waals surface area contributed by atoms with Crippen LogP contribution in [-0.2, 0) is 16.0 Å². The van der Waals surface area contributed by atoms with Crippen molar-refractivity contribution in [2.45, 2.75) is 13.0 Å². The van der Waals surface area contributed by atoms with E-state index in [2.05, 4.69) is 22.2 Å². The summed E-state index contributed by atoms with van der Waals surface area (Å²) in [6, 6.07) is 6.64. The maximum Gasteiger partial charge on any atom is 0.191 e. The first-order valence-electron chi connectivity index (χ1n) is 7.71. The third-order valence-electron chi connectivity index (χ3n) is 2.97. The second kappa shape index (κ2) is 15.3. The van der Waals surface area contributed by atoms with Crippen LogP contribution in [0, 0.1) is 5.82 Å². The zero-order valence-corrected chi connectivity index (χ0v) is 16.4. The van der Waals surface area contributed by atoms with Gasteiger partial charge in [-0.25, -0.2) is 9.38 Å². The molecule has 0 spiro atoms. The minimum Gasteiger partial charge on any atom is -0.382 e. The second-order valence-corrected chi connectivity index (χ2v) is 4.81. The molecule has 0 bridgehead atoms. The third-order valence-corrected chi connectivity index (χ3v) is 2.97. The lowest BCUT2D eigenvalue weighted by atomic mass is 10.2. The maximum absolute atomic E-state index is 13.6. The predicted molar refractivity (Wildman–Crippen MR) is 106 cm³/mol. The van der Waals surface area contributed by atoms with Gasteiger partial charge < -0.3 is 20.1 Å². The number of halogens is 2. The minimum absolute atomic E-state index is 0. The van der Waals surface area contributed by atoms with Gasteiger partial charge in [0, 0.05) is 32.4 Å². The lowest BCUT2D eigenvalue weighted by molar-refractivity contribution is 0.0698. The molecule has 0 heterocycles. The van der Waals surface area contributed by atoms with E-state index in [1.807, 2.05) is 0 Å². The molecule has 0 unspecified atom stereocenters. The molecule has 136 valence electrons. The number of hydrogen-bond acceptors (Lipinski definition) is 3. The van der Waals surface area contributed by atoms with Crippen LogP contribution in [-0.4, -0.2) is 46.0 Å². The van der Waals surface area contributed by atoms with Crippen molar-refractivity contribution in [1.82, 2.24) is 10.6 Å². The Bertz CT molecular complexity index is 487. The fourth-order valence-corrected chi connectivity index (χ4v) is 1.76. The van der Waals surface area contributed by atoms with Crippen molar-refractivity contribution in [1.29, 1.82) is 0 Å². The van der Waals surface area contributed by atoms with Gasteiger partial charge in [0.25, 0.3) is 0 Å². The van der Waals surface area contributed by atoms with Crippen molar-refractivity contribution in [2.75, 3.05) is 40.0 Å². The van der Waals surface area contributed by atoms with E-state index >= 15 is 0 Å². The molecule has 1 rings (SSSR count). The average Bonchev–Trinajstić information content (AvgIpc) is 2.57. The molecule has 1 aromatic carbocycles. The standard InChI is InChI=1S/C17H26FN3O2.HI/c1-3-9-19-17(20-10-6-11-23-13-12-22-2)21-14-15-7-4-5-8-16(15)18;/h3-5,7-8H,1,6,9-14H2,2H3,(H2,19,20,21);1H. The molecule has 0 atom stereocenters. The molecule has 0 fully saturated rings. The number of ether oxygens (including phenoxy) is 2. The summed E-state index contributed by atoms with van der Waals surface area (Å²) in [7, 11) is 1.65. The topological polar surface area (TPSA) is 54.9 Å². The van der Waals surface area contributed by atoms with E-state index in [0.717, 1.165) is 6.42 Å². The molecule has 24 heavy (non-hydrogen) atoms. The normalized spacial score (nSPS) is 10.8. The molecule has 0 aliphatic carbocycles. The highest BCUT2D eigenvalue weighted by Crippen LogP contribution is 2.07. The smallest absolute Gasteiger partial charge is 0.191 e. The van der Waals surface area contributed by atoms with Gasteiger partial charge in [-0.2, -0.15) is 0 Å². The lowest BCUT2D eigenvalue weighted by Crippen LogP contribution is -2.38. The minimum atomic E-state index is -0.245. The Balaban J connectivity index is 0.00000529. The predicted octanol–water partition coefficient (Wildman–Crippen LogP) is 2.72. The molecule has 5 nitrogen and oxygen atoms in total. The van der Waals surface area contributed by atoms with Crippen molar-refractivity contribution in [3.05, 3.63) is 48.3 Å². The summed E-state index contributed by atoms with van der Waals surface area (Å²) in [5, 5.41) is 6.30. The Labute approximate surface area is 160 Å². The van der Waals surface area contributed by atoms with Crippen molar-refractivity contribution in [2.24, 2.45) is 4.99 Å². The first-order chi connectivity index (χ1) is 11.3. The molecule has 0 aliphatic heterocycles. The zero-order valence-electron chi connectivity index (χ0n) is 14.1. The molecule has 0 aliphatic rings. The van der Waals surface area contributed by atoms with Crippen molar-refractivity contribution >= 4 is 29.9 Å². The van der Waals surface area contributed by atoms with Gasteiger partial charge in [-0.05, 0) is 12.5 Å². The Hall–Kier alpha value is -1.19. The van der Waals surface area contributed by atoms with Crippen LogP contribution in [0.1, 0.15) is 12.0 Å². The number of hydrogen-bond donors (Lipinski definition) is 2. The SMILES string of the molecule is C=CCNC(=NCc1ccccc1F)NCCCOCCOC.I. The summed E-state index contributed by atoms with van der Waals surface area (Å²) in [5.41, 5.74) is 0.565. The van der Waals surface area contributed by atoms with Crippen molar-refractivity contribution in [3.8, 4) is 0 Å². The molecular weight excluding hydrogens is 424 g/mol. The Morgan fingerprint density at radius 1 is 1.25 bits per heavy atom. The van der Waals surface area contributed by atoms with Gasteiger partial charge >= 0.3 is 0 Å². The van der Waals surface area contributed by atoms with Gasteiger partial charge in [-0.3, -0.25) is 0 Å². The van der Waals surface area contributed by atoms with Crippen LogP contribution < -0.4 is 10.6 Å². The van der Waals surface area contributed by atoms with Gasteiger partial charge in [-0.15, -0.1) is 30.6 Å². The second-order valence-electron chi connectivity index (χ2n) is 4.81. The number of benzene rings is 1. The first-order valence-corrected chi connectivity index (χ1v) is 7.71. The number of rotatable bonds is 11. The molecule has 0 amide bonds. The summed E-state index contributed by atoms with van der Waals surface area (Å²) < 4.78 is 23.9. The van der Waals surface area contributed by atoms with Gasteiger partial charge in [0.05, 0.1) is 19.8 Å². The lowest BCUT2D eigenvalue weighted by Gasteiger charge is -2.11. The summed E-state index contributed by atoms with van der Waals surface area (Å²) in [5.74, 6) is 0.385. The summed E-state index contributed by atoms with van der Waals surface area (Å²) in [6.07, 6.45) is 2.59. The van der Waals surface area contributed by atoms with E-state index in [4.69, 9.17) is 9.47 Å².